The highest BCUT2D eigenvalue weighted by molar-refractivity contribution is 6.15. The highest BCUT2D eigenvalue weighted by Crippen LogP contribution is 2.33. The predicted octanol–water partition coefficient (Wildman–Crippen LogP) is 3.35. The fourth-order valence-corrected chi connectivity index (χ4v) is 5.20. The van der Waals surface area contributed by atoms with Crippen LogP contribution >= 0.6 is 0 Å². The maximum Gasteiger partial charge on any atom is 0.255 e. The quantitative estimate of drug-likeness (QED) is 0.232. The van der Waals surface area contributed by atoms with Gasteiger partial charge in [-0.15, -0.1) is 0 Å². The first-order valence-corrected chi connectivity index (χ1v) is 12.7. The van der Waals surface area contributed by atoms with Gasteiger partial charge in [-0.05, 0) is 65.0 Å². The number of nitrogen functional groups attached to an aromatic ring is 1. The van der Waals surface area contributed by atoms with Gasteiger partial charge in [-0.3, -0.25) is 20.6 Å². The minimum absolute atomic E-state index is 0.107. The summed E-state index contributed by atoms with van der Waals surface area (Å²) in [5, 5.41) is 21.4. The molecule has 1 saturated heterocycles. The van der Waals surface area contributed by atoms with Gasteiger partial charge >= 0.3 is 0 Å². The van der Waals surface area contributed by atoms with E-state index in [1.54, 1.807) is 50.9 Å². The number of benzene rings is 2. The molecule has 38 heavy (non-hydrogen) atoms. The first-order valence-electron chi connectivity index (χ1n) is 12.7. The monoisotopic (exact) mass is 518 g/mol. The van der Waals surface area contributed by atoms with Crippen LogP contribution in [0, 0.1) is 10.8 Å². The van der Waals surface area contributed by atoms with E-state index in [0.717, 1.165) is 24.3 Å². The Balaban J connectivity index is 1.60. The molecule has 0 aromatic heterocycles. The van der Waals surface area contributed by atoms with Gasteiger partial charge in [-0.2, -0.15) is 0 Å². The van der Waals surface area contributed by atoms with E-state index in [1.165, 1.54) is 5.01 Å². The Bertz CT molecular complexity index is 1310. The van der Waals surface area contributed by atoms with E-state index in [4.69, 9.17) is 27.1 Å². The Morgan fingerprint density at radius 2 is 1.79 bits per heavy atom. The molecule has 10 nitrogen and oxygen atoms in total. The average molecular weight is 519 g/mol. The maximum atomic E-state index is 13.5. The van der Waals surface area contributed by atoms with Crippen molar-refractivity contribution in [3.63, 3.8) is 0 Å². The number of guanidine groups is 1. The third kappa shape index (κ3) is 4.97. The van der Waals surface area contributed by atoms with Crippen molar-refractivity contribution in [2.24, 2.45) is 5.84 Å². The van der Waals surface area contributed by atoms with E-state index in [2.05, 4.69) is 24.1 Å². The summed E-state index contributed by atoms with van der Waals surface area (Å²) in [6, 6.07) is 13.0. The van der Waals surface area contributed by atoms with Crippen LogP contribution in [-0.2, 0) is 9.53 Å². The number of amides is 1. The summed E-state index contributed by atoms with van der Waals surface area (Å²) in [5.41, 5.74) is 10.0. The predicted molar refractivity (Wildman–Crippen MR) is 152 cm³/mol. The zero-order valence-electron chi connectivity index (χ0n) is 22.9. The van der Waals surface area contributed by atoms with E-state index in [-0.39, 0.29) is 29.8 Å². The molecule has 0 saturated carbocycles. The molecule has 202 valence electrons. The number of rotatable bonds is 5. The van der Waals surface area contributed by atoms with E-state index >= 15 is 0 Å². The van der Waals surface area contributed by atoms with Crippen molar-refractivity contribution in [1.82, 2.24) is 9.91 Å². The molecule has 2 aliphatic rings. The average Bonchev–Trinajstić information content (AvgIpc) is 2.86. The van der Waals surface area contributed by atoms with Crippen molar-refractivity contribution in [3.8, 4) is 0 Å². The Morgan fingerprint density at radius 3 is 2.45 bits per heavy atom. The number of allylic oxidation sites excluding steroid dienone is 1. The third-order valence-electron chi connectivity index (χ3n) is 7.35. The molecule has 10 heteroatoms. The zero-order chi connectivity index (χ0) is 27.9. The topological polar surface area (TPSA) is 148 Å². The number of anilines is 3. The number of nitrogens with two attached hydrogens (primary N) is 2. The molecule has 7 N–H and O–H groups in total. The Kier molecular flexibility index (Phi) is 7.22. The Labute approximate surface area is 224 Å². The van der Waals surface area contributed by atoms with Crippen LogP contribution in [0.2, 0.25) is 0 Å². The molecule has 2 aromatic rings. The SMILES string of the molecule is CC1=C(C(=O)Nc2ccc(N)c(C(=N)c3cccc(N4CC(C)O[C@@H](C)C4)c3)c2)C(C)(C)N(N)C(=N)N1C. The fourth-order valence-electron chi connectivity index (χ4n) is 5.20. The third-order valence-corrected chi connectivity index (χ3v) is 7.35. The largest absolute Gasteiger partial charge is 0.398 e. The number of hydrogen-bond acceptors (Lipinski definition) is 7. The lowest BCUT2D eigenvalue weighted by molar-refractivity contribution is -0.114. The number of carbonyl (C=O) groups excluding carboxylic acids is 1. The van der Waals surface area contributed by atoms with E-state index < -0.39 is 5.54 Å². The molecule has 0 aliphatic carbocycles. The molecule has 4 rings (SSSR count). The van der Waals surface area contributed by atoms with Gasteiger partial charge in [0.25, 0.3) is 5.91 Å². The van der Waals surface area contributed by atoms with Crippen LogP contribution in [0.5, 0.6) is 0 Å². The van der Waals surface area contributed by atoms with Crippen molar-refractivity contribution in [1.29, 1.82) is 10.8 Å². The van der Waals surface area contributed by atoms with Crippen LogP contribution in [0.25, 0.3) is 0 Å². The van der Waals surface area contributed by atoms with Gasteiger partial charge in [0.1, 0.15) is 0 Å². The molecule has 1 amide bonds. The molecule has 2 heterocycles. The molecule has 1 unspecified atom stereocenters. The van der Waals surface area contributed by atoms with Crippen LogP contribution in [0.1, 0.15) is 45.7 Å². The second-order valence-electron chi connectivity index (χ2n) is 10.6. The minimum atomic E-state index is -0.893. The number of hydrazine groups is 1. The van der Waals surface area contributed by atoms with Gasteiger partial charge in [0.2, 0.25) is 5.96 Å². The lowest BCUT2D eigenvalue weighted by atomic mass is 9.88. The molecule has 1 fully saturated rings. The molecule has 0 bridgehead atoms. The van der Waals surface area contributed by atoms with Gasteiger partial charge in [-0.25, -0.2) is 5.84 Å². The van der Waals surface area contributed by atoms with Crippen LogP contribution in [0.3, 0.4) is 0 Å². The summed E-state index contributed by atoms with van der Waals surface area (Å²) >= 11 is 0. The lowest BCUT2D eigenvalue weighted by Gasteiger charge is -2.46. The summed E-state index contributed by atoms with van der Waals surface area (Å²) in [4.78, 5) is 17.3. The van der Waals surface area contributed by atoms with Gasteiger partial charge in [0.05, 0.1) is 29.0 Å². The highest BCUT2D eigenvalue weighted by Gasteiger charge is 2.42. The van der Waals surface area contributed by atoms with Crippen molar-refractivity contribution in [2.75, 3.05) is 36.1 Å². The van der Waals surface area contributed by atoms with Gasteiger partial charge < -0.3 is 25.6 Å². The molecule has 2 aromatic carbocycles. The standard InChI is InChI=1S/C28H38N8O2/c1-16-14-35(15-17(2)38-16)21-9-7-8-19(12-21)25(30)22-13-20(10-11-23(22)29)33-26(37)24-18(3)34(6)27(31)36(32)28(24,4)5/h7-13,16-17,30-31H,14-15,29,32H2,1-6H3,(H,33,37)/t16-,17?/m0/s1. The number of ether oxygens (including phenoxy) is 1. The normalized spacial score (nSPS) is 21.6. The van der Waals surface area contributed by atoms with Crippen LogP contribution in [0.4, 0.5) is 17.1 Å². The van der Waals surface area contributed by atoms with E-state index in [9.17, 15) is 4.79 Å². The fraction of sp³-hybridized carbons (Fsp3) is 0.393. The first kappa shape index (κ1) is 27.2. The Morgan fingerprint density at radius 1 is 1.13 bits per heavy atom. The second kappa shape index (κ2) is 10.1. The van der Waals surface area contributed by atoms with Gasteiger partial charge in [0.15, 0.2) is 0 Å². The highest BCUT2D eigenvalue weighted by atomic mass is 16.5. The smallest absolute Gasteiger partial charge is 0.255 e. The van der Waals surface area contributed by atoms with Crippen molar-refractivity contribution < 1.29 is 9.53 Å². The molecule has 0 spiro atoms. The van der Waals surface area contributed by atoms with Crippen molar-refractivity contribution in [2.45, 2.75) is 52.4 Å². The van der Waals surface area contributed by atoms with Crippen molar-refractivity contribution in [3.05, 3.63) is 64.9 Å². The van der Waals surface area contributed by atoms with E-state index in [1.807, 2.05) is 24.3 Å². The molecule has 0 radical (unpaired) electrons. The molecular weight excluding hydrogens is 480 g/mol. The number of carbonyl (C=O) groups is 1. The summed E-state index contributed by atoms with van der Waals surface area (Å²) in [6.07, 6.45) is 0.254. The van der Waals surface area contributed by atoms with Crippen molar-refractivity contribution >= 4 is 34.6 Å². The number of morpholine rings is 1. The number of hydrogen-bond donors (Lipinski definition) is 5. The Hall–Kier alpha value is -3.89. The second-order valence-corrected chi connectivity index (χ2v) is 10.6. The lowest BCUT2D eigenvalue weighted by Crippen LogP contribution is -2.62. The summed E-state index contributed by atoms with van der Waals surface area (Å²) in [7, 11) is 1.70. The summed E-state index contributed by atoms with van der Waals surface area (Å²) < 4.78 is 5.86. The molecular formula is C28H38N8O2. The van der Waals surface area contributed by atoms with Crippen LogP contribution in [0.15, 0.2) is 53.7 Å². The van der Waals surface area contributed by atoms with Crippen LogP contribution < -0.4 is 21.8 Å². The summed E-state index contributed by atoms with van der Waals surface area (Å²) in [5.74, 6) is 5.93. The van der Waals surface area contributed by atoms with Gasteiger partial charge in [0, 0.05) is 54.0 Å². The molecule has 2 aliphatic heterocycles. The zero-order valence-corrected chi connectivity index (χ0v) is 22.9. The summed E-state index contributed by atoms with van der Waals surface area (Å²) in [6.45, 7) is 11.1. The number of nitrogens with one attached hydrogen (secondary N) is 3. The minimum Gasteiger partial charge on any atom is -0.398 e. The van der Waals surface area contributed by atoms with E-state index in [0.29, 0.717) is 28.2 Å². The number of nitrogens with zero attached hydrogens (tertiary/aromatic N) is 3. The van der Waals surface area contributed by atoms with Crippen LogP contribution in [-0.4, -0.2) is 65.4 Å². The molecule has 2 atom stereocenters. The first-order chi connectivity index (χ1) is 17.8. The maximum absolute atomic E-state index is 13.5. The van der Waals surface area contributed by atoms with Gasteiger partial charge in [-0.1, -0.05) is 12.1 Å².